The van der Waals surface area contributed by atoms with Gasteiger partial charge >= 0.3 is 0 Å². The average Bonchev–Trinajstić information content (AvgIpc) is 3.49. The van der Waals surface area contributed by atoms with Crippen LogP contribution in [-0.2, 0) is 16.1 Å². The van der Waals surface area contributed by atoms with Crippen LogP contribution in [0.3, 0.4) is 0 Å². The van der Waals surface area contributed by atoms with E-state index in [9.17, 15) is 9.59 Å². The fourth-order valence-electron chi connectivity index (χ4n) is 2.85. The number of amides is 2. The molecule has 1 aliphatic carbocycles. The number of rotatable bonds is 7. The van der Waals surface area contributed by atoms with Crippen LogP contribution in [-0.4, -0.2) is 59.8 Å². The highest BCUT2D eigenvalue weighted by atomic mass is 16.5. The first kappa shape index (κ1) is 18.4. The molecule has 2 heterocycles. The van der Waals surface area contributed by atoms with E-state index in [4.69, 9.17) is 14.0 Å². The summed E-state index contributed by atoms with van der Waals surface area (Å²) in [5.41, 5.74) is 0.484. The molecule has 2 aliphatic rings. The van der Waals surface area contributed by atoms with Crippen LogP contribution in [0.4, 0.5) is 0 Å². The summed E-state index contributed by atoms with van der Waals surface area (Å²) in [5.74, 6) is 1.73. The summed E-state index contributed by atoms with van der Waals surface area (Å²) in [7, 11) is 0. The summed E-state index contributed by atoms with van der Waals surface area (Å²) in [6, 6.07) is 6.63. The van der Waals surface area contributed by atoms with E-state index in [-0.39, 0.29) is 25.0 Å². The third kappa shape index (κ3) is 4.66. The lowest BCUT2D eigenvalue weighted by Crippen LogP contribution is -2.42. The number of nitrogens with one attached hydrogen (secondary N) is 1. The van der Waals surface area contributed by atoms with E-state index in [0.29, 0.717) is 55.2 Å². The Morgan fingerprint density at radius 3 is 2.64 bits per heavy atom. The Kier molecular flexibility index (Phi) is 5.52. The van der Waals surface area contributed by atoms with Crippen LogP contribution >= 0.6 is 0 Å². The molecule has 1 saturated carbocycles. The van der Waals surface area contributed by atoms with Crippen molar-refractivity contribution in [2.24, 2.45) is 0 Å². The Bertz CT molecular complexity index is 825. The molecule has 4 rings (SSSR count). The third-order valence-corrected chi connectivity index (χ3v) is 4.66. The molecule has 1 aliphatic heterocycles. The van der Waals surface area contributed by atoms with Gasteiger partial charge in [0.15, 0.2) is 12.4 Å². The first-order valence-corrected chi connectivity index (χ1v) is 9.38. The lowest BCUT2D eigenvalue weighted by Gasteiger charge is -2.26. The van der Waals surface area contributed by atoms with Crippen LogP contribution in [0, 0.1) is 0 Å². The van der Waals surface area contributed by atoms with Gasteiger partial charge in [-0.05, 0) is 37.1 Å². The zero-order chi connectivity index (χ0) is 19.3. The summed E-state index contributed by atoms with van der Waals surface area (Å²) >= 11 is 0. The largest absolute Gasteiger partial charge is 0.484 e. The van der Waals surface area contributed by atoms with Crippen molar-refractivity contribution >= 4 is 11.8 Å². The lowest BCUT2D eigenvalue weighted by molar-refractivity contribution is -0.137. The van der Waals surface area contributed by atoms with Gasteiger partial charge in [0.1, 0.15) is 5.75 Å². The van der Waals surface area contributed by atoms with Crippen molar-refractivity contribution < 1.29 is 23.6 Å². The van der Waals surface area contributed by atoms with Crippen molar-refractivity contribution in [2.45, 2.75) is 25.3 Å². The van der Waals surface area contributed by atoms with Crippen molar-refractivity contribution in [2.75, 3.05) is 32.9 Å². The normalized spacial score (nSPS) is 16.6. The van der Waals surface area contributed by atoms with E-state index >= 15 is 0 Å². The van der Waals surface area contributed by atoms with Gasteiger partial charge in [-0.3, -0.25) is 9.59 Å². The van der Waals surface area contributed by atoms with Crippen LogP contribution < -0.4 is 10.1 Å². The first-order chi connectivity index (χ1) is 13.7. The van der Waals surface area contributed by atoms with Gasteiger partial charge in [0, 0.05) is 24.6 Å². The monoisotopic (exact) mass is 386 g/mol. The number of carbonyl (C=O) groups excluding carboxylic acids is 2. The van der Waals surface area contributed by atoms with Crippen molar-refractivity contribution in [1.29, 1.82) is 0 Å². The molecule has 0 spiro atoms. The van der Waals surface area contributed by atoms with E-state index in [0.717, 1.165) is 12.8 Å². The maximum Gasteiger partial charge on any atom is 0.260 e. The Labute approximate surface area is 162 Å². The maximum absolute atomic E-state index is 12.2. The highest BCUT2D eigenvalue weighted by molar-refractivity contribution is 5.94. The molecule has 1 aromatic heterocycles. The highest BCUT2D eigenvalue weighted by Crippen LogP contribution is 2.38. The number of morpholine rings is 1. The van der Waals surface area contributed by atoms with Gasteiger partial charge in [-0.2, -0.15) is 4.98 Å². The molecule has 0 unspecified atom stereocenters. The molecule has 1 N–H and O–H groups in total. The number of aromatic nitrogens is 2. The molecule has 28 heavy (non-hydrogen) atoms. The van der Waals surface area contributed by atoms with Gasteiger partial charge in [-0.15, -0.1) is 0 Å². The van der Waals surface area contributed by atoms with Crippen molar-refractivity contribution in [1.82, 2.24) is 20.4 Å². The van der Waals surface area contributed by atoms with E-state index in [1.807, 2.05) is 0 Å². The fraction of sp³-hybridized carbons (Fsp3) is 0.474. The smallest absolute Gasteiger partial charge is 0.260 e. The second-order valence-corrected chi connectivity index (χ2v) is 6.81. The fourth-order valence-corrected chi connectivity index (χ4v) is 2.85. The molecule has 0 atom stereocenters. The molecular weight excluding hydrogens is 364 g/mol. The minimum Gasteiger partial charge on any atom is -0.484 e. The Balaban J connectivity index is 1.23. The average molecular weight is 386 g/mol. The predicted molar refractivity (Wildman–Crippen MR) is 96.8 cm³/mol. The predicted octanol–water partition coefficient (Wildman–Crippen LogP) is 1.11. The van der Waals surface area contributed by atoms with E-state index in [2.05, 4.69) is 15.5 Å². The van der Waals surface area contributed by atoms with Crippen LogP contribution in [0.2, 0.25) is 0 Å². The molecule has 1 saturated heterocycles. The van der Waals surface area contributed by atoms with Crippen molar-refractivity contribution in [3.05, 3.63) is 41.5 Å². The zero-order valence-electron chi connectivity index (χ0n) is 15.4. The lowest BCUT2D eigenvalue weighted by atomic mass is 10.2. The summed E-state index contributed by atoms with van der Waals surface area (Å²) in [4.78, 5) is 30.3. The number of hydrogen-bond acceptors (Lipinski definition) is 7. The molecule has 9 heteroatoms. The second-order valence-electron chi connectivity index (χ2n) is 6.81. The summed E-state index contributed by atoms with van der Waals surface area (Å²) in [6.45, 7) is 2.46. The summed E-state index contributed by atoms with van der Waals surface area (Å²) in [6.07, 6.45) is 2.17. The van der Waals surface area contributed by atoms with Gasteiger partial charge in [0.2, 0.25) is 5.89 Å². The molecule has 148 valence electrons. The molecule has 2 fully saturated rings. The van der Waals surface area contributed by atoms with Gasteiger partial charge < -0.3 is 24.2 Å². The Morgan fingerprint density at radius 2 is 1.93 bits per heavy atom. The van der Waals surface area contributed by atoms with Crippen LogP contribution in [0.15, 0.2) is 28.8 Å². The molecule has 2 aromatic rings. The van der Waals surface area contributed by atoms with E-state index < -0.39 is 0 Å². The zero-order valence-corrected chi connectivity index (χ0v) is 15.4. The summed E-state index contributed by atoms with van der Waals surface area (Å²) in [5, 5.41) is 6.64. The van der Waals surface area contributed by atoms with Gasteiger partial charge in [0.25, 0.3) is 11.8 Å². The molecule has 2 amide bonds. The minimum atomic E-state index is -0.242. The number of carbonyl (C=O) groups is 2. The van der Waals surface area contributed by atoms with Crippen LogP contribution in [0.5, 0.6) is 5.75 Å². The number of hydrogen-bond donors (Lipinski definition) is 1. The van der Waals surface area contributed by atoms with E-state index in [1.54, 1.807) is 29.2 Å². The third-order valence-electron chi connectivity index (χ3n) is 4.66. The SMILES string of the molecule is O=C(NCc1noc(C2CC2)n1)c1ccc(OCC(=O)N2CCOCC2)cc1. The molecular formula is C19H22N4O5. The number of benzene rings is 1. The molecule has 0 radical (unpaired) electrons. The Morgan fingerprint density at radius 1 is 1.18 bits per heavy atom. The molecule has 1 aromatic carbocycles. The van der Waals surface area contributed by atoms with E-state index in [1.165, 1.54) is 0 Å². The van der Waals surface area contributed by atoms with Crippen LogP contribution in [0.25, 0.3) is 0 Å². The minimum absolute atomic E-state index is 0.0350. The summed E-state index contributed by atoms with van der Waals surface area (Å²) < 4.78 is 15.9. The van der Waals surface area contributed by atoms with Crippen LogP contribution in [0.1, 0.15) is 40.8 Å². The first-order valence-electron chi connectivity index (χ1n) is 9.38. The highest BCUT2D eigenvalue weighted by Gasteiger charge is 2.29. The van der Waals surface area contributed by atoms with Gasteiger partial charge in [-0.25, -0.2) is 0 Å². The second kappa shape index (κ2) is 8.39. The molecule has 0 bridgehead atoms. The number of ether oxygens (including phenoxy) is 2. The maximum atomic E-state index is 12.2. The number of nitrogens with zero attached hydrogens (tertiary/aromatic N) is 3. The quantitative estimate of drug-likeness (QED) is 0.760. The van der Waals surface area contributed by atoms with Crippen molar-refractivity contribution in [3.63, 3.8) is 0 Å². The standard InChI is InChI=1S/C19H22N4O5/c24-17(23-7-9-26-10-8-23)12-27-15-5-3-13(4-6-15)18(25)20-11-16-21-19(28-22-16)14-1-2-14/h3-6,14H,1-2,7-12H2,(H,20,25). The van der Waals surface area contributed by atoms with Crippen molar-refractivity contribution in [3.8, 4) is 5.75 Å². The van der Waals surface area contributed by atoms with Gasteiger partial charge in [-0.1, -0.05) is 5.16 Å². The Hall–Kier alpha value is -2.94. The van der Waals surface area contributed by atoms with Gasteiger partial charge in [0.05, 0.1) is 19.8 Å². The topological polar surface area (TPSA) is 107 Å². The molecule has 9 nitrogen and oxygen atoms in total.